The van der Waals surface area contributed by atoms with Crippen LogP contribution in [0, 0.1) is 6.92 Å². The van der Waals surface area contributed by atoms with E-state index < -0.39 is 0 Å². The number of thiazole rings is 1. The van der Waals surface area contributed by atoms with E-state index in [4.69, 9.17) is 9.72 Å². The Bertz CT molecular complexity index is 917. The first kappa shape index (κ1) is 21.3. The Morgan fingerprint density at radius 1 is 1.28 bits per heavy atom. The Morgan fingerprint density at radius 2 is 2.07 bits per heavy atom. The van der Waals surface area contributed by atoms with Crippen LogP contribution < -0.4 is 5.32 Å². The SMILES string of the molecule is CCCCNC(=O)N(CCOC)CCc1csc2nc(-c3ccc(C)cc3)cn12. The van der Waals surface area contributed by atoms with E-state index >= 15 is 0 Å². The summed E-state index contributed by atoms with van der Waals surface area (Å²) < 4.78 is 7.32. The summed E-state index contributed by atoms with van der Waals surface area (Å²) in [5, 5.41) is 5.13. The number of carbonyl (C=O) groups is 1. The molecule has 0 aliphatic rings. The number of fused-ring (bicyclic) bond motifs is 1. The molecule has 2 aromatic heterocycles. The molecule has 0 fully saturated rings. The number of carbonyl (C=O) groups excluding carboxylic acids is 1. The zero-order chi connectivity index (χ0) is 20.6. The second-order valence-corrected chi connectivity index (χ2v) is 8.02. The molecule has 0 unspecified atom stereocenters. The van der Waals surface area contributed by atoms with Crippen LogP contribution in [0.5, 0.6) is 0 Å². The summed E-state index contributed by atoms with van der Waals surface area (Å²) in [6, 6.07) is 8.40. The highest BCUT2D eigenvalue weighted by molar-refractivity contribution is 7.15. The van der Waals surface area contributed by atoms with Gasteiger partial charge in [0.25, 0.3) is 0 Å². The maximum Gasteiger partial charge on any atom is 0.317 e. The molecule has 156 valence electrons. The third-order valence-electron chi connectivity index (χ3n) is 4.93. The first-order chi connectivity index (χ1) is 14.1. The number of hydrogen-bond acceptors (Lipinski definition) is 4. The molecule has 6 nitrogen and oxygen atoms in total. The highest BCUT2D eigenvalue weighted by Gasteiger charge is 2.15. The normalized spacial score (nSPS) is 11.1. The van der Waals surface area contributed by atoms with Gasteiger partial charge in [-0.15, -0.1) is 11.3 Å². The standard InChI is InChI=1S/C22H30N4O2S/c1-4-5-11-23-21(27)25(13-14-28-3)12-10-19-16-29-22-24-20(15-26(19)22)18-8-6-17(2)7-9-18/h6-9,15-16H,4-5,10-14H2,1-3H3,(H,23,27). The molecule has 3 rings (SSSR count). The molecule has 2 heterocycles. The maximum absolute atomic E-state index is 12.5. The van der Waals surface area contributed by atoms with Gasteiger partial charge < -0.3 is 15.0 Å². The van der Waals surface area contributed by atoms with E-state index in [1.807, 2.05) is 4.90 Å². The number of urea groups is 1. The number of methoxy groups -OCH3 is 1. The molecular formula is C22H30N4O2S. The number of aryl methyl sites for hydroxylation is 1. The zero-order valence-corrected chi connectivity index (χ0v) is 18.3. The number of ether oxygens (including phenoxy) is 1. The highest BCUT2D eigenvalue weighted by atomic mass is 32.1. The van der Waals surface area contributed by atoms with E-state index in [1.165, 1.54) is 11.3 Å². The van der Waals surface area contributed by atoms with Crippen LogP contribution in [0.25, 0.3) is 16.2 Å². The van der Waals surface area contributed by atoms with Crippen LogP contribution in [0.4, 0.5) is 4.79 Å². The summed E-state index contributed by atoms with van der Waals surface area (Å²) in [5.41, 5.74) is 4.50. The monoisotopic (exact) mass is 414 g/mol. The summed E-state index contributed by atoms with van der Waals surface area (Å²) in [5.74, 6) is 0. The molecule has 0 aliphatic carbocycles. The van der Waals surface area contributed by atoms with Crippen molar-refractivity contribution < 1.29 is 9.53 Å². The second-order valence-electron chi connectivity index (χ2n) is 7.19. The lowest BCUT2D eigenvalue weighted by molar-refractivity contribution is 0.149. The average molecular weight is 415 g/mol. The molecule has 29 heavy (non-hydrogen) atoms. The van der Waals surface area contributed by atoms with Gasteiger partial charge in [-0.1, -0.05) is 43.2 Å². The highest BCUT2D eigenvalue weighted by Crippen LogP contribution is 2.24. The fraction of sp³-hybridized carbons (Fsp3) is 0.455. The number of hydrogen-bond donors (Lipinski definition) is 1. The second kappa shape index (κ2) is 10.4. The number of unbranched alkanes of at least 4 members (excludes halogenated alkanes) is 1. The minimum atomic E-state index is -0.0204. The van der Waals surface area contributed by atoms with Gasteiger partial charge in [0.2, 0.25) is 0 Å². The van der Waals surface area contributed by atoms with Crippen LogP contribution in [0.1, 0.15) is 31.0 Å². The van der Waals surface area contributed by atoms with E-state index in [9.17, 15) is 4.79 Å². The third kappa shape index (κ3) is 5.58. The van der Waals surface area contributed by atoms with Crippen molar-refractivity contribution in [2.24, 2.45) is 0 Å². The summed E-state index contributed by atoms with van der Waals surface area (Å²) in [7, 11) is 1.66. The van der Waals surface area contributed by atoms with Crippen molar-refractivity contribution in [1.29, 1.82) is 0 Å². The smallest absolute Gasteiger partial charge is 0.317 e. The van der Waals surface area contributed by atoms with Crippen LogP contribution in [0.3, 0.4) is 0 Å². The Morgan fingerprint density at radius 3 is 2.79 bits per heavy atom. The van der Waals surface area contributed by atoms with Crippen molar-refractivity contribution >= 4 is 22.3 Å². The van der Waals surface area contributed by atoms with Crippen LogP contribution in [0.2, 0.25) is 0 Å². The lowest BCUT2D eigenvalue weighted by Gasteiger charge is -2.22. The summed E-state index contributed by atoms with van der Waals surface area (Å²) in [4.78, 5) is 20.1. The topological polar surface area (TPSA) is 58.9 Å². The maximum atomic E-state index is 12.5. The van der Waals surface area contributed by atoms with Crippen molar-refractivity contribution in [3.63, 3.8) is 0 Å². The largest absolute Gasteiger partial charge is 0.383 e. The van der Waals surface area contributed by atoms with Crippen molar-refractivity contribution in [2.45, 2.75) is 33.1 Å². The predicted octanol–water partition coefficient (Wildman–Crippen LogP) is 4.37. The molecule has 0 bridgehead atoms. The summed E-state index contributed by atoms with van der Waals surface area (Å²) >= 11 is 1.64. The van der Waals surface area contributed by atoms with E-state index in [2.05, 4.69) is 59.4 Å². The minimum Gasteiger partial charge on any atom is -0.383 e. The van der Waals surface area contributed by atoms with E-state index in [0.717, 1.165) is 35.5 Å². The summed E-state index contributed by atoms with van der Waals surface area (Å²) in [6.45, 7) is 6.67. The molecule has 0 saturated heterocycles. The number of benzene rings is 1. The van der Waals surface area contributed by atoms with Crippen LogP contribution in [-0.4, -0.2) is 53.7 Å². The number of nitrogens with zero attached hydrogens (tertiary/aromatic N) is 3. The van der Waals surface area contributed by atoms with Gasteiger partial charge >= 0.3 is 6.03 Å². The Hall–Kier alpha value is -2.38. The number of nitrogens with one attached hydrogen (secondary N) is 1. The lowest BCUT2D eigenvalue weighted by Crippen LogP contribution is -2.43. The van der Waals surface area contributed by atoms with Crippen molar-refractivity contribution in [2.75, 3.05) is 33.4 Å². The zero-order valence-electron chi connectivity index (χ0n) is 17.5. The van der Waals surface area contributed by atoms with E-state index in [-0.39, 0.29) is 6.03 Å². The molecule has 1 aromatic carbocycles. The third-order valence-corrected chi connectivity index (χ3v) is 5.82. The average Bonchev–Trinajstić information content (AvgIpc) is 3.30. The van der Waals surface area contributed by atoms with Gasteiger partial charge in [-0.2, -0.15) is 0 Å². The molecule has 0 radical (unpaired) electrons. The van der Waals surface area contributed by atoms with Gasteiger partial charge in [0.15, 0.2) is 4.96 Å². The molecule has 2 amide bonds. The summed E-state index contributed by atoms with van der Waals surface area (Å²) in [6.07, 6.45) is 4.92. The molecule has 1 N–H and O–H groups in total. The van der Waals surface area contributed by atoms with Gasteiger partial charge in [-0.3, -0.25) is 4.40 Å². The molecule has 0 spiro atoms. The first-order valence-corrected chi connectivity index (χ1v) is 11.0. The van der Waals surface area contributed by atoms with E-state index in [1.54, 1.807) is 18.4 Å². The predicted molar refractivity (Wildman–Crippen MR) is 119 cm³/mol. The quantitative estimate of drug-likeness (QED) is 0.501. The number of rotatable bonds is 10. The van der Waals surface area contributed by atoms with Crippen molar-refractivity contribution in [3.8, 4) is 11.3 Å². The van der Waals surface area contributed by atoms with Crippen molar-refractivity contribution in [3.05, 3.63) is 47.1 Å². The van der Waals surface area contributed by atoms with Gasteiger partial charge in [0.1, 0.15) is 0 Å². The molecule has 0 aliphatic heterocycles. The molecule has 0 saturated carbocycles. The fourth-order valence-corrected chi connectivity index (χ4v) is 4.03. The first-order valence-electron chi connectivity index (χ1n) is 10.2. The van der Waals surface area contributed by atoms with Gasteiger partial charge in [-0.25, -0.2) is 9.78 Å². The molecule has 3 aromatic rings. The van der Waals surface area contributed by atoms with Crippen LogP contribution >= 0.6 is 11.3 Å². The lowest BCUT2D eigenvalue weighted by atomic mass is 10.1. The van der Waals surface area contributed by atoms with Gasteiger partial charge in [0, 0.05) is 56.0 Å². The fourth-order valence-electron chi connectivity index (χ4n) is 3.12. The molecule has 7 heteroatoms. The Kier molecular flexibility index (Phi) is 7.66. The Balaban J connectivity index is 1.69. The van der Waals surface area contributed by atoms with Crippen molar-refractivity contribution in [1.82, 2.24) is 19.6 Å². The number of aromatic nitrogens is 2. The number of amides is 2. The van der Waals surface area contributed by atoms with Gasteiger partial charge in [-0.05, 0) is 13.3 Å². The Labute approximate surface area is 176 Å². The van der Waals surface area contributed by atoms with Gasteiger partial charge in [0.05, 0.1) is 12.3 Å². The number of imidazole rings is 1. The molecule has 0 atom stereocenters. The van der Waals surface area contributed by atoms with Crippen LogP contribution in [-0.2, 0) is 11.2 Å². The van der Waals surface area contributed by atoms with E-state index in [0.29, 0.717) is 26.2 Å². The molecular weight excluding hydrogens is 384 g/mol. The van der Waals surface area contributed by atoms with Crippen LogP contribution in [0.15, 0.2) is 35.8 Å². The minimum absolute atomic E-state index is 0.0204.